The van der Waals surface area contributed by atoms with Gasteiger partial charge in [0.2, 0.25) is 0 Å². The van der Waals surface area contributed by atoms with Crippen LogP contribution in [0.3, 0.4) is 0 Å². The molecular weight excluding hydrogens is 294 g/mol. The van der Waals surface area contributed by atoms with Crippen LogP contribution in [0.5, 0.6) is 0 Å². The summed E-state index contributed by atoms with van der Waals surface area (Å²) in [7, 11) is 0. The fraction of sp³-hybridized carbons (Fsp3) is 0.647. The van der Waals surface area contributed by atoms with Crippen molar-refractivity contribution in [2.24, 2.45) is 0 Å². The van der Waals surface area contributed by atoms with Crippen molar-refractivity contribution >= 4 is 17.6 Å². The fourth-order valence-electron chi connectivity index (χ4n) is 3.16. The lowest BCUT2D eigenvalue weighted by molar-refractivity contribution is 0.122. The third-order valence-electron chi connectivity index (χ3n) is 4.28. The van der Waals surface area contributed by atoms with E-state index in [1.807, 2.05) is 11.8 Å². The molecule has 5 heteroatoms. The Hall–Kier alpha value is -1.25. The molecule has 1 aliphatic carbocycles. The molecule has 4 nitrogen and oxygen atoms in total. The van der Waals surface area contributed by atoms with Crippen LogP contribution in [0.1, 0.15) is 43.0 Å². The standard InChI is InChI=1S/C17H23N3OS/c1-2-11-22-16-13-5-3-4-6-15(13)19-17(14(16)12-18)20-7-9-21-10-8-20/h2-11H2,1H3. The molecule has 118 valence electrons. The maximum atomic E-state index is 9.77. The Kier molecular flexibility index (Phi) is 5.22. The smallest absolute Gasteiger partial charge is 0.148 e. The summed E-state index contributed by atoms with van der Waals surface area (Å²) in [4.78, 5) is 8.34. The Morgan fingerprint density at radius 3 is 2.77 bits per heavy atom. The van der Waals surface area contributed by atoms with E-state index in [9.17, 15) is 5.26 Å². The van der Waals surface area contributed by atoms with Gasteiger partial charge in [-0.25, -0.2) is 4.98 Å². The molecule has 3 rings (SSSR count). The third kappa shape index (κ3) is 3.09. The number of ether oxygens (including phenoxy) is 1. The van der Waals surface area contributed by atoms with Crippen LogP contribution in [0.15, 0.2) is 4.90 Å². The number of anilines is 1. The maximum Gasteiger partial charge on any atom is 0.148 e. The normalized spacial score (nSPS) is 17.9. The summed E-state index contributed by atoms with van der Waals surface area (Å²) >= 11 is 1.84. The molecule has 0 aromatic carbocycles. The average molecular weight is 317 g/mol. The first-order valence-corrected chi connectivity index (χ1v) is 9.25. The molecule has 0 radical (unpaired) electrons. The monoisotopic (exact) mass is 317 g/mol. The molecule has 22 heavy (non-hydrogen) atoms. The zero-order chi connectivity index (χ0) is 15.4. The minimum atomic E-state index is 0.723. The molecule has 0 bridgehead atoms. The first-order valence-electron chi connectivity index (χ1n) is 8.26. The molecule has 1 saturated heterocycles. The van der Waals surface area contributed by atoms with Gasteiger partial charge in [-0.1, -0.05) is 6.92 Å². The number of nitrogens with zero attached hydrogens (tertiary/aromatic N) is 3. The molecule has 0 saturated carbocycles. The number of pyridine rings is 1. The van der Waals surface area contributed by atoms with E-state index >= 15 is 0 Å². The van der Waals surface area contributed by atoms with Crippen LogP contribution in [0, 0.1) is 11.3 Å². The first-order chi connectivity index (χ1) is 10.8. The molecule has 0 N–H and O–H groups in total. The molecule has 0 spiro atoms. The fourth-order valence-corrected chi connectivity index (χ4v) is 4.25. The van der Waals surface area contributed by atoms with E-state index in [0.717, 1.165) is 62.7 Å². The van der Waals surface area contributed by atoms with E-state index in [1.165, 1.54) is 29.0 Å². The van der Waals surface area contributed by atoms with Crippen LogP contribution in [0.25, 0.3) is 0 Å². The summed E-state index contributed by atoms with van der Waals surface area (Å²) in [5.74, 6) is 1.96. The topological polar surface area (TPSA) is 49.2 Å². The molecule has 1 aromatic rings. The highest BCUT2D eigenvalue weighted by atomic mass is 32.2. The van der Waals surface area contributed by atoms with E-state index in [4.69, 9.17) is 9.72 Å². The second kappa shape index (κ2) is 7.34. The third-order valence-corrected chi connectivity index (χ3v) is 5.63. The molecule has 2 aliphatic rings. The number of hydrogen-bond donors (Lipinski definition) is 0. The summed E-state index contributed by atoms with van der Waals surface area (Å²) in [6.45, 7) is 5.30. The van der Waals surface area contributed by atoms with Crippen molar-refractivity contribution in [2.75, 3.05) is 37.0 Å². The number of hydrogen-bond acceptors (Lipinski definition) is 5. The highest BCUT2D eigenvalue weighted by Gasteiger charge is 2.25. The van der Waals surface area contributed by atoms with Crippen LogP contribution >= 0.6 is 11.8 Å². The molecule has 0 unspecified atom stereocenters. The van der Waals surface area contributed by atoms with Crippen molar-refractivity contribution in [3.63, 3.8) is 0 Å². The van der Waals surface area contributed by atoms with Crippen LogP contribution in [0.4, 0.5) is 5.82 Å². The summed E-state index contributed by atoms with van der Waals surface area (Å²) < 4.78 is 5.44. The Labute approximate surface area is 136 Å². The van der Waals surface area contributed by atoms with Gasteiger partial charge in [0.1, 0.15) is 17.5 Å². The van der Waals surface area contributed by atoms with Gasteiger partial charge in [-0.15, -0.1) is 11.8 Å². The zero-order valence-electron chi connectivity index (χ0n) is 13.2. The van der Waals surface area contributed by atoms with E-state index in [0.29, 0.717) is 0 Å². The minimum Gasteiger partial charge on any atom is -0.378 e. The Balaban J connectivity index is 2.06. The van der Waals surface area contributed by atoms with Crippen molar-refractivity contribution in [1.82, 2.24) is 4.98 Å². The van der Waals surface area contributed by atoms with Crippen LogP contribution in [0.2, 0.25) is 0 Å². The number of morpholine rings is 1. The van der Waals surface area contributed by atoms with Crippen molar-refractivity contribution in [2.45, 2.75) is 43.9 Å². The number of thioether (sulfide) groups is 1. The van der Waals surface area contributed by atoms with Gasteiger partial charge in [-0.05, 0) is 43.4 Å². The maximum absolute atomic E-state index is 9.77. The van der Waals surface area contributed by atoms with Crippen LogP contribution in [-0.4, -0.2) is 37.0 Å². The largest absolute Gasteiger partial charge is 0.378 e. The summed E-state index contributed by atoms with van der Waals surface area (Å²) in [6.07, 6.45) is 5.69. The number of nitriles is 1. The molecule has 2 heterocycles. The van der Waals surface area contributed by atoms with Gasteiger partial charge in [-0.2, -0.15) is 5.26 Å². The minimum absolute atomic E-state index is 0.723. The van der Waals surface area contributed by atoms with E-state index in [1.54, 1.807) is 0 Å². The molecule has 0 amide bonds. The highest BCUT2D eigenvalue weighted by molar-refractivity contribution is 7.99. The predicted molar refractivity (Wildman–Crippen MR) is 89.6 cm³/mol. The molecule has 1 fully saturated rings. The van der Waals surface area contributed by atoms with Crippen molar-refractivity contribution in [3.8, 4) is 6.07 Å². The van der Waals surface area contributed by atoms with Crippen molar-refractivity contribution in [1.29, 1.82) is 5.26 Å². The summed E-state index contributed by atoms with van der Waals surface area (Å²) in [5, 5.41) is 9.77. The van der Waals surface area contributed by atoms with Gasteiger partial charge < -0.3 is 9.64 Å². The van der Waals surface area contributed by atoms with Gasteiger partial charge in [0.25, 0.3) is 0 Å². The highest BCUT2D eigenvalue weighted by Crippen LogP contribution is 2.37. The summed E-state index contributed by atoms with van der Waals surface area (Å²) in [5.41, 5.74) is 3.37. The van der Waals surface area contributed by atoms with Crippen LogP contribution in [-0.2, 0) is 17.6 Å². The average Bonchev–Trinajstić information content (AvgIpc) is 2.59. The number of aryl methyl sites for hydroxylation is 1. The van der Waals surface area contributed by atoms with E-state index in [-0.39, 0.29) is 0 Å². The van der Waals surface area contributed by atoms with Gasteiger partial charge in [0.15, 0.2) is 0 Å². The lowest BCUT2D eigenvalue weighted by atomic mass is 9.94. The Morgan fingerprint density at radius 1 is 1.27 bits per heavy atom. The predicted octanol–water partition coefficient (Wildman–Crippen LogP) is 3.17. The lowest BCUT2D eigenvalue weighted by Crippen LogP contribution is -2.37. The summed E-state index contributed by atoms with van der Waals surface area (Å²) in [6, 6.07) is 2.45. The number of aromatic nitrogens is 1. The second-order valence-electron chi connectivity index (χ2n) is 5.83. The molecule has 0 atom stereocenters. The molecule has 1 aromatic heterocycles. The molecule has 1 aliphatic heterocycles. The van der Waals surface area contributed by atoms with Crippen molar-refractivity contribution < 1.29 is 4.74 Å². The first kappa shape index (κ1) is 15.6. The second-order valence-corrected chi connectivity index (χ2v) is 6.94. The quantitative estimate of drug-likeness (QED) is 0.798. The molecular formula is C17H23N3OS. The van der Waals surface area contributed by atoms with E-state index < -0.39 is 0 Å². The lowest BCUT2D eigenvalue weighted by Gasteiger charge is -2.31. The van der Waals surface area contributed by atoms with Gasteiger partial charge >= 0.3 is 0 Å². The Bertz CT molecular complexity index is 576. The van der Waals surface area contributed by atoms with E-state index in [2.05, 4.69) is 17.9 Å². The SMILES string of the molecule is CCCSc1c(C#N)c(N2CCOCC2)nc2c1CCCC2. The zero-order valence-corrected chi connectivity index (χ0v) is 14.0. The number of fused-ring (bicyclic) bond motifs is 1. The van der Waals surface area contributed by atoms with Crippen molar-refractivity contribution in [3.05, 3.63) is 16.8 Å². The van der Waals surface area contributed by atoms with Gasteiger partial charge in [0.05, 0.1) is 13.2 Å². The van der Waals surface area contributed by atoms with Gasteiger partial charge in [-0.3, -0.25) is 0 Å². The van der Waals surface area contributed by atoms with Gasteiger partial charge in [0, 0.05) is 23.7 Å². The Morgan fingerprint density at radius 2 is 2.05 bits per heavy atom. The number of rotatable bonds is 4. The van der Waals surface area contributed by atoms with Crippen LogP contribution < -0.4 is 4.90 Å².